The maximum absolute atomic E-state index is 9.26. The highest BCUT2D eigenvalue weighted by Crippen LogP contribution is 2.04. The summed E-state index contributed by atoms with van der Waals surface area (Å²) in [5.74, 6) is 0. The van der Waals surface area contributed by atoms with Gasteiger partial charge in [-0.3, -0.25) is 4.90 Å². The van der Waals surface area contributed by atoms with Gasteiger partial charge in [-0.15, -0.1) is 0 Å². The van der Waals surface area contributed by atoms with Crippen LogP contribution in [0.2, 0.25) is 0 Å². The van der Waals surface area contributed by atoms with Crippen LogP contribution < -0.4 is 5.32 Å². The van der Waals surface area contributed by atoms with Gasteiger partial charge in [-0.2, -0.15) is 0 Å². The van der Waals surface area contributed by atoms with Crippen LogP contribution in [0.3, 0.4) is 0 Å². The zero-order chi connectivity index (χ0) is 11.7. The lowest BCUT2D eigenvalue weighted by Crippen LogP contribution is -2.46. The number of nitrogens with one attached hydrogen (secondary N) is 1. The van der Waals surface area contributed by atoms with Gasteiger partial charge in [-0.25, -0.2) is 0 Å². The van der Waals surface area contributed by atoms with E-state index in [1.54, 1.807) is 0 Å². The number of likely N-dealkylation sites (N-methyl/N-ethyl adjacent to an activating group) is 1. The predicted molar refractivity (Wildman–Crippen MR) is 66.2 cm³/mol. The van der Waals surface area contributed by atoms with Crippen LogP contribution in [0.15, 0.2) is 0 Å². The van der Waals surface area contributed by atoms with E-state index in [2.05, 4.69) is 37.9 Å². The van der Waals surface area contributed by atoms with E-state index in [-0.39, 0.29) is 12.6 Å². The fourth-order valence-corrected chi connectivity index (χ4v) is 1.70. The molecule has 0 spiro atoms. The molecule has 2 unspecified atom stereocenters. The van der Waals surface area contributed by atoms with Gasteiger partial charge in [-0.1, -0.05) is 20.8 Å². The second kappa shape index (κ2) is 9.13. The summed E-state index contributed by atoms with van der Waals surface area (Å²) in [6.07, 6.45) is 2.28. The molecule has 92 valence electrons. The average molecular weight is 216 g/mol. The Labute approximate surface area is 94.9 Å². The number of hydrogen-bond acceptors (Lipinski definition) is 3. The standard InChI is InChI=1S/C12H28N2O/c1-5-8-13-12(10-15)9-14(7-3)11(4)6-2/h11-13,15H,5-10H2,1-4H3. The van der Waals surface area contributed by atoms with Crippen LogP contribution in [0.1, 0.15) is 40.5 Å². The van der Waals surface area contributed by atoms with E-state index in [1.807, 2.05) is 0 Å². The molecule has 0 aliphatic rings. The van der Waals surface area contributed by atoms with Gasteiger partial charge < -0.3 is 10.4 Å². The van der Waals surface area contributed by atoms with E-state index in [4.69, 9.17) is 0 Å². The lowest BCUT2D eigenvalue weighted by Gasteiger charge is -2.30. The fourth-order valence-electron chi connectivity index (χ4n) is 1.70. The molecular formula is C12H28N2O. The molecule has 0 amide bonds. The van der Waals surface area contributed by atoms with Crippen molar-refractivity contribution in [1.82, 2.24) is 10.2 Å². The highest BCUT2D eigenvalue weighted by atomic mass is 16.3. The Morgan fingerprint density at radius 3 is 2.33 bits per heavy atom. The minimum Gasteiger partial charge on any atom is -0.395 e. The number of aliphatic hydroxyl groups excluding tert-OH is 1. The number of hydrogen-bond donors (Lipinski definition) is 2. The van der Waals surface area contributed by atoms with Gasteiger partial charge >= 0.3 is 0 Å². The fraction of sp³-hybridized carbons (Fsp3) is 1.00. The van der Waals surface area contributed by atoms with Crippen LogP contribution in [0.25, 0.3) is 0 Å². The van der Waals surface area contributed by atoms with Crippen molar-refractivity contribution in [3.05, 3.63) is 0 Å². The maximum Gasteiger partial charge on any atom is 0.0597 e. The topological polar surface area (TPSA) is 35.5 Å². The molecule has 0 radical (unpaired) electrons. The van der Waals surface area contributed by atoms with E-state index in [0.29, 0.717) is 6.04 Å². The Balaban J connectivity index is 3.99. The third-order valence-corrected chi connectivity index (χ3v) is 2.98. The van der Waals surface area contributed by atoms with Gasteiger partial charge in [0.15, 0.2) is 0 Å². The monoisotopic (exact) mass is 216 g/mol. The highest BCUT2D eigenvalue weighted by molar-refractivity contribution is 4.73. The average Bonchev–Trinajstić information content (AvgIpc) is 2.28. The van der Waals surface area contributed by atoms with Gasteiger partial charge in [-0.05, 0) is 32.9 Å². The molecule has 3 nitrogen and oxygen atoms in total. The Kier molecular flexibility index (Phi) is 9.06. The Morgan fingerprint density at radius 1 is 1.27 bits per heavy atom. The summed E-state index contributed by atoms with van der Waals surface area (Å²) in [6, 6.07) is 0.825. The van der Waals surface area contributed by atoms with Crippen LogP contribution in [0.5, 0.6) is 0 Å². The molecule has 0 fully saturated rings. The lowest BCUT2D eigenvalue weighted by atomic mass is 10.2. The molecule has 3 heteroatoms. The van der Waals surface area contributed by atoms with Crippen LogP contribution in [-0.4, -0.2) is 48.3 Å². The van der Waals surface area contributed by atoms with Crippen molar-refractivity contribution in [3.63, 3.8) is 0 Å². The molecule has 0 aromatic carbocycles. The summed E-state index contributed by atoms with van der Waals surface area (Å²) >= 11 is 0. The van der Waals surface area contributed by atoms with Crippen molar-refractivity contribution in [2.24, 2.45) is 0 Å². The van der Waals surface area contributed by atoms with Crippen LogP contribution in [0, 0.1) is 0 Å². The SMILES string of the molecule is CCCNC(CO)CN(CC)C(C)CC. The zero-order valence-electron chi connectivity index (χ0n) is 10.8. The van der Waals surface area contributed by atoms with Crippen molar-refractivity contribution < 1.29 is 5.11 Å². The van der Waals surface area contributed by atoms with Crippen LogP contribution >= 0.6 is 0 Å². The van der Waals surface area contributed by atoms with Crippen molar-refractivity contribution in [1.29, 1.82) is 0 Å². The molecule has 0 rings (SSSR count). The first kappa shape index (κ1) is 14.9. The Bertz CT molecular complexity index is 142. The summed E-state index contributed by atoms with van der Waals surface area (Å²) in [5.41, 5.74) is 0. The van der Waals surface area contributed by atoms with Gasteiger partial charge in [0.1, 0.15) is 0 Å². The first-order valence-corrected chi connectivity index (χ1v) is 6.27. The quantitative estimate of drug-likeness (QED) is 0.612. The molecule has 0 saturated heterocycles. The maximum atomic E-state index is 9.26. The number of nitrogens with zero attached hydrogens (tertiary/aromatic N) is 1. The highest BCUT2D eigenvalue weighted by Gasteiger charge is 2.15. The summed E-state index contributed by atoms with van der Waals surface area (Å²) in [5, 5.41) is 12.6. The molecule has 0 heterocycles. The van der Waals surface area contributed by atoms with E-state index < -0.39 is 0 Å². The van der Waals surface area contributed by atoms with Gasteiger partial charge in [0.25, 0.3) is 0 Å². The normalized spacial score (nSPS) is 15.6. The summed E-state index contributed by atoms with van der Waals surface area (Å²) in [7, 11) is 0. The minimum absolute atomic E-state index is 0.221. The van der Waals surface area contributed by atoms with Gasteiger partial charge in [0.2, 0.25) is 0 Å². The zero-order valence-corrected chi connectivity index (χ0v) is 10.8. The summed E-state index contributed by atoms with van der Waals surface area (Å²) in [4.78, 5) is 2.42. The van der Waals surface area contributed by atoms with E-state index >= 15 is 0 Å². The Morgan fingerprint density at radius 2 is 1.93 bits per heavy atom. The third-order valence-electron chi connectivity index (χ3n) is 2.98. The molecule has 2 atom stereocenters. The Hall–Kier alpha value is -0.120. The van der Waals surface area contributed by atoms with E-state index in [0.717, 1.165) is 26.1 Å². The van der Waals surface area contributed by atoms with Crippen molar-refractivity contribution >= 4 is 0 Å². The molecule has 0 saturated carbocycles. The van der Waals surface area contributed by atoms with Crippen molar-refractivity contribution in [2.75, 3.05) is 26.2 Å². The molecule has 0 aliphatic carbocycles. The molecule has 2 N–H and O–H groups in total. The first-order chi connectivity index (χ1) is 7.19. The minimum atomic E-state index is 0.221. The van der Waals surface area contributed by atoms with Crippen molar-refractivity contribution in [3.8, 4) is 0 Å². The lowest BCUT2D eigenvalue weighted by molar-refractivity contribution is 0.154. The molecule has 0 aliphatic heterocycles. The molecule has 15 heavy (non-hydrogen) atoms. The number of rotatable bonds is 9. The van der Waals surface area contributed by atoms with Crippen LogP contribution in [-0.2, 0) is 0 Å². The van der Waals surface area contributed by atoms with E-state index in [9.17, 15) is 5.11 Å². The van der Waals surface area contributed by atoms with Gasteiger partial charge in [0.05, 0.1) is 6.61 Å². The first-order valence-electron chi connectivity index (χ1n) is 6.27. The summed E-state index contributed by atoms with van der Waals surface area (Å²) in [6.45, 7) is 12.0. The van der Waals surface area contributed by atoms with Gasteiger partial charge in [0, 0.05) is 18.6 Å². The molecule has 0 aromatic heterocycles. The van der Waals surface area contributed by atoms with Crippen LogP contribution in [0.4, 0.5) is 0 Å². The molecule has 0 aromatic rings. The van der Waals surface area contributed by atoms with Crippen molar-refractivity contribution in [2.45, 2.75) is 52.6 Å². The predicted octanol–water partition coefficient (Wildman–Crippen LogP) is 1.47. The largest absolute Gasteiger partial charge is 0.395 e. The second-order valence-corrected chi connectivity index (χ2v) is 4.18. The molecule has 0 bridgehead atoms. The van der Waals surface area contributed by atoms with E-state index in [1.165, 1.54) is 6.42 Å². The smallest absolute Gasteiger partial charge is 0.0597 e. The second-order valence-electron chi connectivity index (χ2n) is 4.18. The number of aliphatic hydroxyl groups is 1. The summed E-state index contributed by atoms with van der Waals surface area (Å²) < 4.78 is 0. The molecular weight excluding hydrogens is 188 g/mol. The third kappa shape index (κ3) is 6.13.